The number of nitrogens with two attached hydrogens (primary N) is 1. The number of anilines is 1. The van der Waals surface area contributed by atoms with E-state index < -0.39 is 0 Å². The van der Waals surface area contributed by atoms with Crippen LogP contribution in [0.4, 0.5) is 5.69 Å². The van der Waals surface area contributed by atoms with E-state index in [0.717, 1.165) is 37.2 Å². The number of carbonyl (C=O) groups is 1. The van der Waals surface area contributed by atoms with Crippen LogP contribution in [-0.2, 0) is 11.2 Å². The molecule has 1 heterocycles. The van der Waals surface area contributed by atoms with Crippen LogP contribution in [0.3, 0.4) is 0 Å². The maximum Gasteiger partial charge on any atom is 0.224 e. The van der Waals surface area contributed by atoms with Crippen LogP contribution in [0.15, 0.2) is 24.3 Å². The fraction of sp³-hybridized carbons (Fsp3) is 0.462. The molecule has 1 aromatic rings. The molecule has 0 spiro atoms. The van der Waals surface area contributed by atoms with E-state index in [9.17, 15) is 4.79 Å². The molecular formula is C13H19N3O. The van der Waals surface area contributed by atoms with Crippen LogP contribution in [0.25, 0.3) is 0 Å². The average molecular weight is 233 g/mol. The second-order valence-electron chi connectivity index (χ2n) is 4.51. The SMILES string of the molecule is Nc1ccc(CC(=O)NC2CCNCC2)cc1. The zero-order valence-electron chi connectivity index (χ0n) is 9.91. The number of hydrogen-bond donors (Lipinski definition) is 3. The van der Waals surface area contributed by atoms with Crippen molar-refractivity contribution in [2.24, 2.45) is 0 Å². The molecule has 92 valence electrons. The Morgan fingerprint density at radius 2 is 1.94 bits per heavy atom. The molecule has 1 aromatic carbocycles. The minimum atomic E-state index is 0.0988. The Kier molecular flexibility index (Phi) is 3.98. The van der Waals surface area contributed by atoms with Crippen molar-refractivity contribution < 1.29 is 4.79 Å². The van der Waals surface area contributed by atoms with Crippen LogP contribution in [-0.4, -0.2) is 25.0 Å². The number of rotatable bonds is 3. The maximum atomic E-state index is 11.8. The third-order valence-electron chi connectivity index (χ3n) is 3.05. The van der Waals surface area contributed by atoms with Gasteiger partial charge in [-0.05, 0) is 43.6 Å². The van der Waals surface area contributed by atoms with Crippen molar-refractivity contribution in [3.63, 3.8) is 0 Å². The molecule has 1 amide bonds. The molecule has 4 heteroatoms. The van der Waals surface area contributed by atoms with E-state index in [1.165, 1.54) is 0 Å². The van der Waals surface area contributed by atoms with E-state index in [2.05, 4.69) is 10.6 Å². The van der Waals surface area contributed by atoms with Gasteiger partial charge in [0.25, 0.3) is 0 Å². The Morgan fingerprint density at radius 3 is 2.59 bits per heavy atom. The number of benzene rings is 1. The van der Waals surface area contributed by atoms with Gasteiger partial charge in [0.1, 0.15) is 0 Å². The predicted molar refractivity (Wildman–Crippen MR) is 68.6 cm³/mol. The van der Waals surface area contributed by atoms with Gasteiger partial charge in [0.15, 0.2) is 0 Å². The van der Waals surface area contributed by atoms with E-state index in [-0.39, 0.29) is 5.91 Å². The fourth-order valence-corrected chi connectivity index (χ4v) is 2.07. The minimum Gasteiger partial charge on any atom is -0.399 e. The van der Waals surface area contributed by atoms with Crippen molar-refractivity contribution in [1.29, 1.82) is 0 Å². The molecule has 0 radical (unpaired) electrons. The molecule has 1 fully saturated rings. The van der Waals surface area contributed by atoms with Crippen LogP contribution >= 0.6 is 0 Å². The van der Waals surface area contributed by atoms with Crippen LogP contribution in [0, 0.1) is 0 Å². The van der Waals surface area contributed by atoms with Gasteiger partial charge in [0.05, 0.1) is 6.42 Å². The first-order chi connectivity index (χ1) is 8.24. The molecule has 0 atom stereocenters. The summed E-state index contributed by atoms with van der Waals surface area (Å²) in [6.45, 7) is 1.99. The van der Waals surface area contributed by atoms with E-state index in [1.54, 1.807) is 0 Å². The average Bonchev–Trinajstić information content (AvgIpc) is 2.33. The molecule has 0 unspecified atom stereocenters. The molecular weight excluding hydrogens is 214 g/mol. The van der Waals surface area contributed by atoms with Gasteiger partial charge in [0, 0.05) is 11.7 Å². The highest BCUT2D eigenvalue weighted by Gasteiger charge is 2.15. The first-order valence-electron chi connectivity index (χ1n) is 6.08. The Morgan fingerprint density at radius 1 is 1.29 bits per heavy atom. The lowest BCUT2D eigenvalue weighted by atomic mass is 10.1. The lowest BCUT2D eigenvalue weighted by Gasteiger charge is -2.23. The lowest BCUT2D eigenvalue weighted by Crippen LogP contribution is -2.43. The molecule has 0 aliphatic carbocycles. The molecule has 4 nitrogen and oxygen atoms in total. The normalized spacial score (nSPS) is 16.7. The summed E-state index contributed by atoms with van der Waals surface area (Å²) in [6.07, 6.45) is 2.48. The predicted octanol–water partition coefficient (Wildman–Crippen LogP) is 0.679. The molecule has 0 bridgehead atoms. The molecule has 4 N–H and O–H groups in total. The maximum absolute atomic E-state index is 11.8. The number of piperidine rings is 1. The van der Waals surface area contributed by atoms with Crippen molar-refractivity contribution in [1.82, 2.24) is 10.6 Å². The quantitative estimate of drug-likeness (QED) is 0.673. The smallest absolute Gasteiger partial charge is 0.224 e. The molecule has 2 rings (SSSR count). The van der Waals surface area contributed by atoms with Crippen LogP contribution in [0.5, 0.6) is 0 Å². The van der Waals surface area contributed by atoms with Gasteiger partial charge in [-0.3, -0.25) is 4.79 Å². The van der Waals surface area contributed by atoms with E-state index >= 15 is 0 Å². The number of hydrogen-bond acceptors (Lipinski definition) is 3. The van der Waals surface area contributed by atoms with Gasteiger partial charge < -0.3 is 16.4 Å². The summed E-state index contributed by atoms with van der Waals surface area (Å²) in [4.78, 5) is 11.8. The van der Waals surface area contributed by atoms with Gasteiger partial charge >= 0.3 is 0 Å². The minimum absolute atomic E-state index is 0.0988. The molecule has 1 aliphatic heterocycles. The highest BCUT2D eigenvalue weighted by atomic mass is 16.1. The molecule has 1 aliphatic rings. The number of carbonyl (C=O) groups excluding carboxylic acids is 1. The standard InChI is InChI=1S/C13H19N3O/c14-11-3-1-10(2-4-11)9-13(17)16-12-5-7-15-8-6-12/h1-4,12,15H,5-9,14H2,(H,16,17). The fourth-order valence-electron chi connectivity index (χ4n) is 2.07. The molecule has 0 saturated carbocycles. The van der Waals surface area contributed by atoms with E-state index in [0.29, 0.717) is 12.5 Å². The van der Waals surface area contributed by atoms with Crippen molar-refractivity contribution >= 4 is 11.6 Å². The van der Waals surface area contributed by atoms with Gasteiger partial charge in [-0.2, -0.15) is 0 Å². The van der Waals surface area contributed by atoms with Gasteiger partial charge in [-0.25, -0.2) is 0 Å². The number of amides is 1. The van der Waals surface area contributed by atoms with Crippen LogP contribution in [0.1, 0.15) is 18.4 Å². The molecule has 1 saturated heterocycles. The second-order valence-corrected chi connectivity index (χ2v) is 4.51. The highest BCUT2D eigenvalue weighted by molar-refractivity contribution is 5.79. The van der Waals surface area contributed by atoms with Crippen molar-refractivity contribution in [3.8, 4) is 0 Å². The van der Waals surface area contributed by atoms with Crippen LogP contribution in [0.2, 0.25) is 0 Å². The van der Waals surface area contributed by atoms with E-state index in [4.69, 9.17) is 5.73 Å². The Hall–Kier alpha value is -1.55. The lowest BCUT2D eigenvalue weighted by molar-refractivity contribution is -0.121. The Bertz CT molecular complexity index is 369. The van der Waals surface area contributed by atoms with Gasteiger partial charge in [-0.1, -0.05) is 12.1 Å². The van der Waals surface area contributed by atoms with E-state index in [1.807, 2.05) is 24.3 Å². The van der Waals surface area contributed by atoms with Gasteiger partial charge in [-0.15, -0.1) is 0 Å². The summed E-state index contributed by atoms with van der Waals surface area (Å²) >= 11 is 0. The zero-order chi connectivity index (χ0) is 12.1. The third kappa shape index (κ3) is 3.75. The van der Waals surface area contributed by atoms with Crippen molar-refractivity contribution in [2.45, 2.75) is 25.3 Å². The summed E-state index contributed by atoms with van der Waals surface area (Å²) in [5.41, 5.74) is 7.33. The van der Waals surface area contributed by atoms with Crippen molar-refractivity contribution in [2.75, 3.05) is 18.8 Å². The first-order valence-corrected chi connectivity index (χ1v) is 6.08. The largest absolute Gasteiger partial charge is 0.399 e. The Labute approximate surface area is 102 Å². The monoisotopic (exact) mass is 233 g/mol. The number of nitrogen functional groups attached to an aromatic ring is 1. The highest BCUT2D eigenvalue weighted by Crippen LogP contribution is 2.07. The zero-order valence-corrected chi connectivity index (χ0v) is 9.91. The second kappa shape index (κ2) is 5.68. The molecule has 17 heavy (non-hydrogen) atoms. The first kappa shape index (κ1) is 11.9. The summed E-state index contributed by atoms with van der Waals surface area (Å²) < 4.78 is 0. The topological polar surface area (TPSA) is 67.2 Å². The summed E-state index contributed by atoms with van der Waals surface area (Å²) in [7, 11) is 0. The summed E-state index contributed by atoms with van der Waals surface area (Å²) in [5.74, 6) is 0.0988. The van der Waals surface area contributed by atoms with Crippen molar-refractivity contribution in [3.05, 3.63) is 29.8 Å². The summed E-state index contributed by atoms with van der Waals surface area (Å²) in [5, 5.41) is 6.35. The third-order valence-corrected chi connectivity index (χ3v) is 3.05. The van der Waals surface area contributed by atoms with Gasteiger partial charge in [0.2, 0.25) is 5.91 Å². The van der Waals surface area contributed by atoms with Crippen LogP contribution < -0.4 is 16.4 Å². The number of nitrogens with one attached hydrogen (secondary N) is 2. The Balaban J connectivity index is 1.82. The molecule has 0 aromatic heterocycles. The summed E-state index contributed by atoms with van der Waals surface area (Å²) in [6, 6.07) is 7.78.